The maximum Gasteiger partial charge on any atom is 0.287 e. The number of hydrogen-bond acceptors (Lipinski definition) is 6. The molecule has 7 nitrogen and oxygen atoms in total. The number of aromatic nitrogens is 1. The smallest absolute Gasteiger partial charge is 0.287 e. The lowest BCUT2D eigenvalue weighted by Gasteiger charge is -2.29. The van der Waals surface area contributed by atoms with Crippen LogP contribution in [-0.2, 0) is 16.1 Å². The van der Waals surface area contributed by atoms with Crippen molar-refractivity contribution in [3.8, 4) is 0 Å². The Hall–Kier alpha value is -2.38. The maximum absolute atomic E-state index is 12.5. The number of fused-ring (bicyclic) bond motifs is 1. The molecule has 4 atom stereocenters. The van der Waals surface area contributed by atoms with Crippen molar-refractivity contribution < 1.29 is 18.7 Å². The van der Waals surface area contributed by atoms with Gasteiger partial charge in [-0.15, -0.1) is 0 Å². The molecule has 5 heterocycles. The molecule has 0 radical (unpaired) electrons. The van der Waals surface area contributed by atoms with Gasteiger partial charge in [0.1, 0.15) is 18.2 Å². The van der Waals surface area contributed by atoms with Gasteiger partial charge in [-0.05, 0) is 43.5 Å². The Labute approximate surface area is 170 Å². The van der Waals surface area contributed by atoms with E-state index in [1.54, 1.807) is 19.2 Å². The van der Waals surface area contributed by atoms with Gasteiger partial charge in [0.15, 0.2) is 5.76 Å². The first-order chi connectivity index (χ1) is 14.1. The second kappa shape index (κ2) is 7.15. The van der Waals surface area contributed by atoms with E-state index in [0.717, 1.165) is 31.7 Å². The van der Waals surface area contributed by atoms with Gasteiger partial charge in [0.05, 0.1) is 11.7 Å². The fourth-order valence-corrected chi connectivity index (χ4v) is 5.45. The van der Waals surface area contributed by atoms with Crippen molar-refractivity contribution >= 4 is 11.7 Å². The number of carbonyl (C=O) groups is 1. The molecule has 0 aliphatic carbocycles. The van der Waals surface area contributed by atoms with E-state index in [9.17, 15) is 4.79 Å². The Morgan fingerprint density at radius 3 is 3.14 bits per heavy atom. The first kappa shape index (κ1) is 18.6. The van der Waals surface area contributed by atoms with E-state index >= 15 is 0 Å². The third kappa shape index (κ3) is 3.13. The fraction of sp³-hybridized carbons (Fsp3) is 0.545. The fourth-order valence-electron chi connectivity index (χ4n) is 5.45. The van der Waals surface area contributed by atoms with Crippen molar-refractivity contribution in [3.63, 3.8) is 0 Å². The van der Waals surface area contributed by atoms with E-state index in [0.29, 0.717) is 36.5 Å². The van der Waals surface area contributed by atoms with Crippen LogP contribution in [0.25, 0.3) is 0 Å². The Kier molecular flexibility index (Phi) is 4.59. The predicted octanol–water partition coefficient (Wildman–Crippen LogP) is 2.54. The molecule has 1 amide bonds. The number of carbonyl (C=O) groups excluding carboxylic acids is 1. The van der Waals surface area contributed by atoms with Gasteiger partial charge in [-0.25, -0.2) is 4.98 Å². The first-order valence-electron chi connectivity index (χ1n) is 10.3. The number of rotatable bonds is 6. The van der Waals surface area contributed by atoms with E-state index in [-0.39, 0.29) is 17.6 Å². The minimum Gasteiger partial charge on any atom is -0.453 e. The molecule has 3 aliphatic heterocycles. The summed E-state index contributed by atoms with van der Waals surface area (Å²) in [6, 6.07) is 7.55. The van der Waals surface area contributed by atoms with Crippen molar-refractivity contribution in [2.45, 2.75) is 38.1 Å². The number of methoxy groups -OCH3 is 1. The standard InChI is InChI=1S/C22H27N3O4/c1-14-4-3-9-23-20(14)25-11-17-16(18-7-8-22(17,13-25)29-18)10-24-21(26)19-6-5-15(28-19)12-27-2/h3-6,9,16-18H,7-8,10-13H2,1-2H3,(H,24,26)/t16-,17+,18+,22+/m0/s1. The molecule has 7 heteroatoms. The van der Waals surface area contributed by atoms with Crippen molar-refractivity contribution in [1.29, 1.82) is 0 Å². The van der Waals surface area contributed by atoms with Gasteiger partial charge in [0.25, 0.3) is 5.91 Å². The first-order valence-corrected chi connectivity index (χ1v) is 10.3. The molecule has 2 aromatic rings. The number of anilines is 1. The van der Waals surface area contributed by atoms with Crippen LogP contribution in [0.3, 0.4) is 0 Å². The molecule has 3 fully saturated rings. The number of nitrogens with zero attached hydrogens (tertiary/aromatic N) is 2. The number of ether oxygens (including phenoxy) is 2. The minimum atomic E-state index is -0.181. The van der Waals surface area contributed by atoms with Crippen molar-refractivity contribution in [2.24, 2.45) is 11.8 Å². The summed E-state index contributed by atoms with van der Waals surface area (Å²) >= 11 is 0. The summed E-state index contributed by atoms with van der Waals surface area (Å²) in [6.45, 7) is 4.87. The Morgan fingerprint density at radius 1 is 1.41 bits per heavy atom. The molecule has 0 aromatic carbocycles. The molecule has 2 bridgehead atoms. The summed E-state index contributed by atoms with van der Waals surface area (Å²) in [7, 11) is 1.60. The summed E-state index contributed by atoms with van der Waals surface area (Å²) in [5.74, 6) is 2.57. The zero-order chi connectivity index (χ0) is 20.0. The third-order valence-electron chi connectivity index (χ3n) is 6.74. The second-order valence-corrected chi connectivity index (χ2v) is 8.46. The zero-order valence-electron chi connectivity index (χ0n) is 16.9. The van der Waals surface area contributed by atoms with E-state index in [2.05, 4.69) is 28.2 Å². The Balaban J connectivity index is 1.27. The molecule has 0 unspecified atom stereocenters. The molecular weight excluding hydrogens is 370 g/mol. The number of amides is 1. The van der Waals surface area contributed by atoms with Gasteiger partial charge in [0.2, 0.25) is 0 Å². The van der Waals surface area contributed by atoms with Crippen LogP contribution >= 0.6 is 0 Å². The lowest BCUT2D eigenvalue weighted by Crippen LogP contribution is -2.41. The monoisotopic (exact) mass is 397 g/mol. The normalized spacial score (nSPS) is 30.0. The zero-order valence-corrected chi connectivity index (χ0v) is 16.9. The molecule has 1 spiro atoms. The molecule has 3 saturated heterocycles. The van der Waals surface area contributed by atoms with Gasteiger partial charge in [0, 0.05) is 44.8 Å². The minimum absolute atomic E-state index is 0.0969. The average Bonchev–Trinajstić information content (AvgIpc) is 3.47. The van der Waals surface area contributed by atoms with Gasteiger partial charge < -0.3 is 24.1 Å². The highest BCUT2D eigenvalue weighted by Gasteiger charge is 2.63. The van der Waals surface area contributed by atoms with E-state index in [1.165, 1.54) is 5.56 Å². The van der Waals surface area contributed by atoms with Crippen LogP contribution in [0.1, 0.15) is 34.7 Å². The van der Waals surface area contributed by atoms with Gasteiger partial charge in [-0.1, -0.05) is 6.07 Å². The summed E-state index contributed by atoms with van der Waals surface area (Å²) in [6.07, 6.45) is 4.23. The maximum atomic E-state index is 12.5. The Bertz CT molecular complexity index is 913. The lowest BCUT2D eigenvalue weighted by atomic mass is 9.73. The molecule has 5 rings (SSSR count). The number of furan rings is 1. The van der Waals surface area contributed by atoms with Crippen molar-refractivity contribution in [3.05, 3.63) is 47.5 Å². The van der Waals surface area contributed by atoms with Gasteiger partial charge in [-0.3, -0.25) is 4.79 Å². The SMILES string of the molecule is COCc1ccc(C(=O)NC[C@H]2[C@H]3CN(c4ncccc4C)C[C@]34CC[C@H]2O4)o1. The molecule has 154 valence electrons. The van der Waals surface area contributed by atoms with Crippen LogP contribution in [0.2, 0.25) is 0 Å². The summed E-state index contributed by atoms with van der Waals surface area (Å²) in [5, 5.41) is 3.07. The van der Waals surface area contributed by atoms with Crippen LogP contribution in [0, 0.1) is 18.8 Å². The lowest BCUT2D eigenvalue weighted by molar-refractivity contribution is 0.0141. The number of aryl methyl sites for hydroxylation is 1. The van der Waals surface area contributed by atoms with Crippen molar-refractivity contribution in [1.82, 2.24) is 10.3 Å². The Morgan fingerprint density at radius 2 is 2.31 bits per heavy atom. The van der Waals surface area contributed by atoms with Crippen molar-refractivity contribution in [2.75, 3.05) is 31.6 Å². The molecule has 2 aromatic heterocycles. The van der Waals surface area contributed by atoms with E-state index in [1.807, 2.05) is 12.3 Å². The van der Waals surface area contributed by atoms with Gasteiger partial charge >= 0.3 is 0 Å². The highest BCUT2D eigenvalue weighted by atomic mass is 16.5. The number of hydrogen-bond donors (Lipinski definition) is 1. The molecular formula is C22H27N3O4. The molecule has 3 aliphatic rings. The summed E-state index contributed by atoms with van der Waals surface area (Å²) in [4.78, 5) is 19.5. The van der Waals surface area contributed by atoms with E-state index < -0.39 is 0 Å². The van der Waals surface area contributed by atoms with Crippen LogP contribution in [-0.4, -0.2) is 49.3 Å². The van der Waals surface area contributed by atoms with Crippen LogP contribution in [0.4, 0.5) is 5.82 Å². The van der Waals surface area contributed by atoms with Crippen LogP contribution < -0.4 is 10.2 Å². The topological polar surface area (TPSA) is 76.8 Å². The number of nitrogens with one attached hydrogen (secondary N) is 1. The molecule has 0 saturated carbocycles. The molecule has 29 heavy (non-hydrogen) atoms. The van der Waals surface area contributed by atoms with Crippen LogP contribution in [0.5, 0.6) is 0 Å². The second-order valence-electron chi connectivity index (χ2n) is 8.46. The quantitative estimate of drug-likeness (QED) is 0.807. The summed E-state index contributed by atoms with van der Waals surface area (Å²) in [5.41, 5.74) is 1.09. The summed E-state index contributed by atoms with van der Waals surface area (Å²) < 4.78 is 17.1. The number of pyridine rings is 1. The average molecular weight is 397 g/mol. The largest absolute Gasteiger partial charge is 0.453 e. The molecule has 1 N–H and O–H groups in total. The highest BCUT2D eigenvalue weighted by molar-refractivity contribution is 5.91. The van der Waals surface area contributed by atoms with Gasteiger partial charge in [-0.2, -0.15) is 0 Å². The van der Waals surface area contributed by atoms with Crippen LogP contribution in [0.15, 0.2) is 34.9 Å². The highest BCUT2D eigenvalue weighted by Crippen LogP contribution is 2.55. The third-order valence-corrected chi connectivity index (χ3v) is 6.74. The van der Waals surface area contributed by atoms with E-state index in [4.69, 9.17) is 13.9 Å². The predicted molar refractivity (Wildman–Crippen MR) is 107 cm³/mol.